The zero-order chi connectivity index (χ0) is 17.6. The molecule has 0 saturated carbocycles. The van der Waals surface area contributed by atoms with Crippen LogP contribution in [0.4, 0.5) is 5.69 Å². The van der Waals surface area contributed by atoms with Crippen molar-refractivity contribution in [2.75, 3.05) is 5.32 Å². The Bertz CT molecular complexity index is 892. The van der Waals surface area contributed by atoms with E-state index >= 15 is 0 Å². The summed E-state index contributed by atoms with van der Waals surface area (Å²) < 4.78 is 1.49. The first kappa shape index (κ1) is 16.3. The molecule has 126 valence electrons. The number of hydrogen-bond acceptors (Lipinski definition) is 5. The van der Waals surface area contributed by atoms with Gasteiger partial charge in [-0.25, -0.2) is 14.6 Å². The number of para-hydroxylation sites is 1. The molecule has 0 unspecified atom stereocenters. The van der Waals surface area contributed by atoms with Crippen LogP contribution in [0.15, 0.2) is 55.2 Å². The summed E-state index contributed by atoms with van der Waals surface area (Å²) >= 11 is 0. The number of benzene rings is 1. The van der Waals surface area contributed by atoms with Crippen LogP contribution in [0.5, 0.6) is 0 Å². The van der Waals surface area contributed by atoms with Gasteiger partial charge in [-0.05, 0) is 24.6 Å². The van der Waals surface area contributed by atoms with Gasteiger partial charge in [-0.15, -0.1) is 0 Å². The van der Waals surface area contributed by atoms with Crippen LogP contribution in [0, 0.1) is 6.92 Å². The Hall–Kier alpha value is -3.55. The second kappa shape index (κ2) is 7.35. The van der Waals surface area contributed by atoms with Crippen LogP contribution >= 0.6 is 0 Å². The van der Waals surface area contributed by atoms with Crippen molar-refractivity contribution < 1.29 is 9.59 Å². The van der Waals surface area contributed by atoms with Gasteiger partial charge in [-0.2, -0.15) is 5.10 Å². The molecular formula is C17H16N6O2. The molecule has 3 rings (SSSR count). The second-order valence-electron chi connectivity index (χ2n) is 5.28. The maximum absolute atomic E-state index is 12.1. The Labute approximate surface area is 143 Å². The van der Waals surface area contributed by atoms with Gasteiger partial charge in [0.05, 0.1) is 0 Å². The SMILES string of the molecule is Cc1ccccc1NC(=O)C(=O)NCc1cccnc1-n1cncn1. The van der Waals surface area contributed by atoms with Crippen molar-refractivity contribution in [2.24, 2.45) is 0 Å². The van der Waals surface area contributed by atoms with Crippen molar-refractivity contribution in [2.45, 2.75) is 13.5 Å². The van der Waals surface area contributed by atoms with Crippen LogP contribution < -0.4 is 10.6 Å². The average Bonchev–Trinajstić information content (AvgIpc) is 3.16. The average molecular weight is 336 g/mol. The molecule has 2 amide bonds. The number of aryl methyl sites for hydroxylation is 1. The first-order valence-corrected chi connectivity index (χ1v) is 7.59. The maximum Gasteiger partial charge on any atom is 0.313 e. The number of nitrogens with zero attached hydrogens (tertiary/aromatic N) is 4. The highest BCUT2D eigenvalue weighted by atomic mass is 16.2. The molecule has 0 aliphatic rings. The number of pyridine rings is 1. The maximum atomic E-state index is 12.1. The smallest absolute Gasteiger partial charge is 0.313 e. The second-order valence-corrected chi connectivity index (χ2v) is 5.28. The van der Waals surface area contributed by atoms with E-state index in [4.69, 9.17) is 0 Å². The van der Waals surface area contributed by atoms with E-state index in [9.17, 15) is 9.59 Å². The molecule has 8 heteroatoms. The van der Waals surface area contributed by atoms with Crippen LogP contribution in [-0.4, -0.2) is 31.6 Å². The Morgan fingerprint density at radius 3 is 2.72 bits per heavy atom. The van der Waals surface area contributed by atoms with Crippen LogP contribution in [0.1, 0.15) is 11.1 Å². The van der Waals surface area contributed by atoms with Crippen LogP contribution in [0.3, 0.4) is 0 Å². The fourth-order valence-electron chi connectivity index (χ4n) is 2.24. The number of amides is 2. The monoisotopic (exact) mass is 336 g/mol. The molecule has 2 heterocycles. The summed E-state index contributed by atoms with van der Waals surface area (Å²) in [6.45, 7) is 2.00. The number of rotatable bonds is 4. The molecule has 0 saturated heterocycles. The third kappa shape index (κ3) is 3.86. The van der Waals surface area contributed by atoms with Gasteiger partial charge < -0.3 is 10.6 Å². The van der Waals surface area contributed by atoms with Gasteiger partial charge in [0.1, 0.15) is 12.7 Å². The topological polar surface area (TPSA) is 102 Å². The van der Waals surface area contributed by atoms with Crippen molar-refractivity contribution in [3.8, 4) is 5.82 Å². The number of hydrogen-bond donors (Lipinski definition) is 2. The summed E-state index contributed by atoms with van der Waals surface area (Å²) in [5, 5.41) is 9.21. The minimum atomic E-state index is -0.725. The van der Waals surface area contributed by atoms with E-state index in [-0.39, 0.29) is 6.54 Å². The molecule has 2 N–H and O–H groups in total. The molecule has 0 bridgehead atoms. The van der Waals surface area contributed by atoms with Crippen LogP contribution in [0.25, 0.3) is 5.82 Å². The first-order chi connectivity index (χ1) is 12.1. The van der Waals surface area contributed by atoms with E-state index in [1.807, 2.05) is 19.1 Å². The zero-order valence-corrected chi connectivity index (χ0v) is 13.5. The standard InChI is InChI=1S/C17H16N6O2/c1-12-5-2-3-7-14(12)22-17(25)16(24)20-9-13-6-4-8-19-15(13)23-11-18-10-21-23/h2-8,10-11H,9H2,1H3,(H,20,24)(H,22,25). The molecule has 3 aromatic rings. The summed E-state index contributed by atoms with van der Waals surface area (Å²) in [4.78, 5) is 32.2. The number of anilines is 1. The lowest BCUT2D eigenvalue weighted by Gasteiger charge is -2.10. The van der Waals surface area contributed by atoms with Gasteiger partial charge in [0.15, 0.2) is 5.82 Å². The minimum absolute atomic E-state index is 0.142. The van der Waals surface area contributed by atoms with Crippen LogP contribution in [0.2, 0.25) is 0 Å². The van der Waals surface area contributed by atoms with Gasteiger partial charge in [0, 0.05) is 24.0 Å². The molecule has 0 radical (unpaired) electrons. The number of carbonyl (C=O) groups excluding carboxylic acids is 2. The fourth-order valence-corrected chi connectivity index (χ4v) is 2.24. The Kier molecular flexibility index (Phi) is 4.79. The minimum Gasteiger partial charge on any atom is -0.344 e. The molecule has 1 aromatic carbocycles. The Morgan fingerprint density at radius 1 is 1.12 bits per heavy atom. The number of aromatic nitrogens is 4. The van der Waals surface area contributed by atoms with E-state index in [1.54, 1.807) is 30.5 Å². The zero-order valence-electron chi connectivity index (χ0n) is 13.5. The molecule has 0 spiro atoms. The number of nitrogens with one attached hydrogen (secondary N) is 2. The molecule has 0 aliphatic carbocycles. The van der Waals surface area contributed by atoms with Crippen molar-refractivity contribution in [3.05, 3.63) is 66.4 Å². The van der Waals surface area contributed by atoms with Crippen molar-refractivity contribution >= 4 is 17.5 Å². The molecular weight excluding hydrogens is 320 g/mol. The summed E-state index contributed by atoms with van der Waals surface area (Å²) in [6, 6.07) is 10.8. The highest BCUT2D eigenvalue weighted by molar-refractivity contribution is 6.39. The molecule has 2 aromatic heterocycles. The largest absolute Gasteiger partial charge is 0.344 e. The Balaban J connectivity index is 1.65. The summed E-state index contributed by atoms with van der Waals surface area (Å²) in [5.74, 6) is -0.906. The molecule has 0 aliphatic heterocycles. The summed E-state index contributed by atoms with van der Waals surface area (Å²) in [7, 11) is 0. The van der Waals surface area contributed by atoms with Gasteiger partial charge in [0.25, 0.3) is 0 Å². The highest BCUT2D eigenvalue weighted by Crippen LogP contribution is 2.13. The van der Waals surface area contributed by atoms with E-state index in [0.717, 1.165) is 5.56 Å². The van der Waals surface area contributed by atoms with Gasteiger partial charge in [0.2, 0.25) is 0 Å². The van der Waals surface area contributed by atoms with Gasteiger partial charge in [-0.1, -0.05) is 24.3 Å². The third-order valence-corrected chi connectivity index (χ3v) is 3.54. The summed E-state index contributed by atoms with van der Waals surface area (Å²) in [6.07, 6.45) is 4.53. The molecule has 8 nitrogen and oxygen atoms in total. The van der Waals surface area contributed by atoms with E-state index in [1.165, 1.54) is 17.3 Å². The van der Waals surface area contributed by atoms with Crippen LogP contribution in [-0.2, 0) is 16.1 Å². The quantitative estimate of drug-likeness (QED) is 0.698. The van der Waals surface area contributed by atoms with E-state index < -0.39 is 11.8 Å². The lowest BCUT2D eigenvalue weighted by atomic mass is 10.2. The van der Waals surface area contributed by atoms with E-state index in [0.29, 0.717) is 17.1 Å². The summed E-state index contributed by atoms with van der Waals surface area (Å²) in [5.41, 5.74) is 2.20. The predicted molar refractivity (Wildman–Crippen MR) is 90.8 cm³/mol. The molecule has 0 fully saturated rings. The van der Waals surface area contributed by atoms with E-state index in [2.05, 4.69) is 25.7 Å². The number of carbonyl (C=O) groups is 2. The fraction of sp³-hybridized carbons (Fsp3) is 0.118. The van der Waals surface area contributed by atoms with Crippen molar-refractivity contribution in [3.63, 3.8) is 0 Å². The van der Waals surface area contributed by atoms with Gasteiger partial charge >= 0.3 is 11.8 Å². The van der Waals surface area contributed by atoms with Gasteiger partial charge in [-0.3, -0.25) is 9.59 Å². The van der Waals surface area contributed by atoms with Crippen molar-refractivity contribution in [1.29, 1.82) is 0 Å². The lowest BCUT2D eigenvalue weighted by Crippen LogP contribution is -2.35. The Morgan fingerprint density at radius 2 is 1.96 bits per heavy atom. The lowest BCUT2D eigenvalue weighted by molar-refractivity contribution is -0.136. The first-order valence-electron chi connectivity index (χ1n) is 7.59. The highest BCUT2D eigenvalue weighted by Gasteiger charge is 2.15. The third-order valence-electron chi connectivity index (χ3n) is 3.54. The van der Waals surface area contributed by atoms with Crippen molar-refractivity contribution in [1.82, 2.24) is 25.1 Å². The molecule has 0 atom stereocenters. The normalized spacial score (nSPS) is 10.3. The molecule has 25 heavy (non-hydrogen) atoms. The predicted octanol–water partition coefficient (Wildman–Crippen LogP) is 1.23.